The van der Waals surface area contributed by atoms with Crippen molar-refractivity contribution in [2.24, 2.45) is 0 Å². The van der Waals surface area contributed by atoms with Crippen LogP contribution < -0.4 is 0 Å². The van der Waals surface area contributed by atoms with Crippen LogP contribution in [0.4, 0.5) is 0 Å². The summed E-state index contributed by atoms with van der Waals surface area (Å²) in [6.45, 7) is 2.73. The second kappa shape index (κ2) is 5.23. The fraction of sp³-hybridized carbons (Fsp3) is 0.357. The summed E-state index contributed by atoms with van der Waals surface area (Å²) >= 11 is 0. The van der Waals surface area contributed by atoms with Crippen molar-refractivity contribution in [3.63, 3.8) is 0 Å². The van der Waals surface area contributed by atoms with Gasteiger partial charge in [-0.15, -0.1) is 0 Å². The van der Waals surface area contributed by atoms with Gasteiger partial charge in [-0.05, 0) is 25.5 Å². The van der Waals surface area contributed by atoms with Crippen molar-refractivity contribution in [3.8, 4) is 0 Å². The second-order valence-electron chi connectivity index (χ2n) is 4.40. The lowest BCUT2D eigenvalue weighted by Gasteiger charge is -2.15. The summed E-state index contributed by atoms with van der Waals surface area (Å²) < 4.78 is 7.08. The van der Waals surface area contributed by atoms with Crippen molar-refractivity contribution in [3.05, 3.63) is 36.0 Å². The number of nitrogens with zero attached hydrogens (tertiary/aromatic N) is 1. The fourth-order valence-electron chi connectivity index (χ4n) is 2.19. The highest BCUT2D eigenvalue weighted by Crippen LogP contribution is 2.25. The van der Waals surface area contributed by atoms with Gasteiger partial charge in [-0.1, -0.05) is 12.1 Å². The number of carbonyl (C=O) groups is 1. The molecule has 1 aromatic heterocycles. The number of fused-ring (bicyclic) bond motifs is 1. The van der Waals surface area contributed by atoms with E-state index in [9.17, 15) is 9.90 Å². The van der Waals surface area contributed by atoms with Gasteiger partial charge in [0.15, 0.2) is 0 Å². The van der Waals surface area contributed by atoms with Gasteiger partial charge < -0.3 is 14.4 Å². The maximum atomic E-state index is 11.3. The Morgan fingerprint density at radius 1 is 1.44 bits per heavy atom. The van der Waals surface area contributed by atoms with E-state index in [2.05, 4.69) is 6.92 Å². The predicted octanol–water partition coefficient (Wildman–Crippen LogP) is 2.94. The smallest absolute Gasteiger partial charge is 0.337 e. The molecule has 0 aliphatic carbocycles. The van der Waals surface area contributed by atoms with E-state index in [4.69, 9.17) is 4.74 Å². The molecule has 4 nitrogen and oxygen atoms in total. The Bertz CT molecular complexity index is 559. The van der Waals surface area contributed by atoms with Crippen molar-refractivity contribution in [2.75, 3.05) is 13.7 Å². The van der Waals surface area contributed by atoms with Crippen molar-refractivity contribution < 1.29 is 14.6 Å². The molecule has 1 aromatic carbocycles. The molecule has 0 radical (unpaired) electrons. The molecular weight excluding hydrogens is 230 g/mol. The number of aromatic carboxylic acids is 1. The van der Waals surface area contributed by atoms with Gasteiger partial charge in [0.1, 0.15) is 0 Å². The molecular formula is C14H17NO3. The summed E-state index contributed by atoms with van der Waals surface area (Å²) in [4.78, 5) is 11.3. The summed E-state index contributed by atoms with van der Waals surface area (Å²) in [6.07, 6.45) is 2.80. The summed E-state index contributed by atoms with van der Waals surface area (Å²) in [7, 11) is 1.67. The van der Waals surface area contributed by atoms with Crippen LogP contribution in [0.5, 0.6) is 0 Å². The van der Waals surface area contributed by atoms with E-state index in [-0.39, 0.29) is 6.04 Å². The molecule has 0 saturated carbocycles. The number of aromatic nitrogens is 1. The third kappa shape index (κ3) is 2.24. The number of rotatable bonds is 5. The molecule has 0 amide bonds. The number of para-hydroxylation sites is 1. The first-order valence-corrected chi connectivity index (χ1v) is 5.97. The number of carboxylic acid groups (broad SMARTS) is 1. The quantitative estimate of drug-likeness (QED) is 0.883. The van der Waals surface area contributed by atoms with Gasteiger partial charge >= 0.3 is 5.97 Å². The number of hydrogen-bond donors (Lipinski definition) is 1. The van der Waals surface area contributed by atoms with Crippen molar-refractivity contribution in [1.82, 2.24) is 4.57 Å². The molecule has 0 saturated heterocycles. The minimum Gasteiger partial charge on any atom is -0.478 e. The summed E-state index contributed by atoms with van der Waals surface area (Å²) in [6, 6.07) is 7.51. The maximum absolute atomic E-state index is 11.3. The van der Waals surface area contributed by atoms with Gasteiger partial charge in [0, 0.05) is 31.3 Å². The normalized spacial score (nSPS) is 12.8. The zero-order chi connectivity index (χ0) is 13.1. The highest BCUT2D eigenvalue weighted by Gasteiger charge is 2.15. The molecule has 4 heteroatoms. The molecule has 0 aliphatic heterocycles. The Labute approximate surface area is 106 Å². The van der Waals surface area contributed by atoms with E-state index >= 15 is 0 Å². The second-order valence-corrected chi connectivity index (χ2v) is 4.40. The number of hydrogen-bond acceptors (Lipinski definition) is 2. The molecule has 96 valence electrons. The Balaban J connectivity index is 2.48. The van der Waals surface area contributed by atoms with E-state index in [0.717, 1.165) is 17.3 Å². The first kappa shape index (κ1) is 12.6. The Kier molecular flexibility index (Phi) is 3.67. The highest BCUT2D eigenvalue weighted by molar-refractivity contribution is 6.02. The lowest BCUT2D eigenvalue weighted by molar-refractivity contribution is 0.0698. The van der Waals surface area contributed by atoms with Crippen LogP contribution in [-0.4, -0.2) is 29.4 Å². The molecule has 1 atom stereocenters. The summed E-state index contributed by atoms with van der Waals surface area (Å²) in [5.74, 6) is -0.889. The van der Waals surface area contributed by atoms with Gasteiger partial charge in [-0.3, -0.25) is 0 Å². The van der Waals surface area contributed by atoms with Crippen molar-refractivity contribution in [1.29, 1.82) is 0 Å². The average molecular weight is 247 g/mol. The van der Waals surface area contributed by atoms with Crippen LogP contribution in [-0.2, 0) is 4.74 Å². The van der Waals surface area contributed by atoms with E-state index in [1.165, 1.54) is 0 Å². The largest absolute Gasteiger partial charge is 0.478 e. The standard InChI is InChI=1S/C14H17NO3/c1-10(7-9-18-2)15-8-6-11-4-3-5-12(13(11)15)14(16)17/h3-6,8,10H,7,9H2,1-2H3,(H,16,17). The van der Waals surface area contributed by atoms with E-state index in [0.29, 0.717) is 12.2 Å². The minimum atomic E-state index is -0.889. The van der Waals surface area contributed by atoms with Crippen LogP contribution in [0.25, 0.3) is 10.9 Å². The van der Waals surface area contributed by atoms with Gasteiger partial charge in [0.25, 0.3) is 0 Å². The lowest BCUT2D eigenvalue weighted by Crippen LogP contribution is -2.09. The van der Waals surface area contributed by atoms with Crippen molar-refractivity contribution in [2.45, 2.75) is 19.4 Å². The molecule has 1 N–H and O–H groups in total. The number of benzene rings is 1. The van der Waals surface area contributed by atoms with Gasteiger partial charge in [0.2, 0.25) is 0 Å². The zero-order valence-corrected chi connectivity index (χ0v) is 10.6. The summed E-state index contributed by atoms with van der Waals surface area (Å²) in [5.41, 5.74) is 1.13. The topological polar surface area (TPSA) is 51.5 Å². The molecule has 1 heterocycles. The highest BCUT2D eigenvalue weighted by atomic mass is 16.5. The predicted molar refractivity (Wildman–Crippen MR) is 70.1 cm³/mol. The van der Waals surface area contributed by atoms with E-state index in [1.54, 1.807) is 19.2 Å². The molecule has 0 fully saturated rings. The number of ether oxygens (including phenoxy) is 1. The van der Waals surface area contributed by atoms with E-state index < -0.39 is 5.97 Å². The van der Waals surface area contributed by atoms with Gasteiger partial charge in [-0.2, -0.15) is 0 Å². The lowest BCUT2D eigenvalue weighted by atomic mass is 10.1. The third-order valence-corrected chi connectivity index (χ3v) is 3.19. The van der Waals surface area contributed by atoms with Crippen molar-refractivity contribution >= 4 is 16.9 Å². The number of methoxy groups -OCH3 is 1. The molecule has 0 spiro atoms. The molecule has 1 unspecified atom stereocenters. The van der Waals surface area contributed by atoms with Crippen LogP contribution in [0.1, 0.15) is 29.7 Å². The first-order valence-electron chi connectivity index (χ1n) is 5.97. The molecule has 2 rings (SSSR count). The Morgan fingerprint density at radius 3 is 2.89 bits per heavy atom. The zero-order valence-electron chi connectivity index (χ0n) is 10.6. The van der Waals surface area contributed by atoms with Crippen LogP contribution in [0, 0.1) is 0 Å². The monoisotopic (exact) mass is 247 g/mol. The average Bonchev–Trinajstić information content (AvgIpc) is 2.79. The van der Waals surface area contributed by atoms with Crippen LogP contribution >= 0.6 is 0 Å². The number of carboxylic acids is 1. The molecule has 0 aliphatic rings. The van der Waals surface area contributed by atoms with Crippen LogP contribution in [0.15, 0.2) is 30.5 Å². The Morgan fingerprint density at radius 2 is 2.22 bits per heavy atom. The summed E-state index contributed by atoms with van der Waals surface area (Å²) in [5, 5.41) is 10.2. The SMILES string of the molecule is COCCC(C)n1ccc2cccc(C(=O)O)c21. The van der Waals surface area contributed by atoms with Crippen LogP contribution in [0.3, 0.4) is 0 Å². The molecule has 0 bridgehead atoms. The van der Waals surface area contributed by atoms with E-state index in [1.807, 2.05) is 22.9 Å². The minimum absolute atomic E-state index is 0.211. The Hall–Kier alpha value is -1.81. The third-order valence-electron chi connectivity index (χ3n) is 3.19. The van der Waals surface area contributed by atoms with Crippen LogP contribution in [0.2, 0.25) is 0 Å². The molecule has 2 aromatic rings. The van der Waals surface area contributed by atoms with Gasteiger partial charge in [0.05, 0.1) is 11.1 Å². The fourth-order valence-corrected chi connectivity index (χ4v) is 2.19. The molecule has 18 heavy (non-hydrogen) atoms. The van der Waals surface area contributed by atoms with Gasteiger partial charge in [-0.25, -0.2) is 4.79 Å². The first-order chi connectivity index (χ1) is 8.65. The maximum Gasteiger partial charge on any atom is 0.337 e.